The van der Waals surface area contributed by atoms with Crippen LogP contribution in [0.2, 0.25) is 0 Å². The third kappa shape index (κ3) is 4.77. The highest BCUT2D eigenvalue weighted by Gasteiger charge is 2.31. The van der Waals surface area contributed by atoms with Crippen LogP contribution in [0.5, 0.6) is 5.75 Å². The molecule has 3 heterocycles. The molecule has 6 nitrogen and oxygen atoms in total. The van der Waals surface area contributed by atoms with Crippen LogP contribution in [0.4, 0.5) is 8.78 Å². The monoisotopic (exact) mass is 500 g/mol. The maximum Gasteiger partial charge on any atom is 0.299 e. The van der Waals surface area contributed by atoms with E-state index in [1.165, 1.54) is 12.1 Å². The van der Waals surface area contributed by atoms with E-state index in [-0.39, 0.29) is 24.1 Å². The van der Waals surface area contributed by atoms with Crippen LogP contribution >= 0.6 is 0 Å². The van der Waals surface area contributed by atoms with Crippen molar-refractivity contribution < 1.29 is 18.3 Å². The summed E-state index contributed by atoms with van der Waals surface area (Å²) >= 11 is 0. The van der Waals surface area contributed by atoms with Gasteiger partial charge in [-0.05, 0) is 69.4 Å². The number of fused-ring (bicyclic) bond motifs is 1. The molecule has 37 heavy (non-hydrogen) atoms. The normalized spacial score (nSPS) is 15.4. The van der Waals surface area contributed by atoms with E-state index in [4.69, 9.17) is 9.72 Å². The van der Waals surface area contributed by atoms with Gasteiger partial charge in [-0.2, -0.15) is 0 Å². The second kappa shape index (κ2) is 10.4. The van der Waals surface area contributed by atoms with Crippen molar-refractivity contribution in [2.75, 3.05) is 6.54 Å². The maximum atomic E-state index is 13.9. The number of aryl methyl sites for hydroxylation is 1. The number of likely N-dealkylation sites (tertiary alicyclic amines) is 1. The fraction of sp³-hybridized carbons (Fsp3) is 0.276. The Kier molecular flexibility index (Phi) is 6.87. The minimum Gasteiger partial charge on any atom is -0.489 e. The van der Waals surface area contributed by atoms with Gasteiger partial charge in [0.05, 0.1) is 22.9 Å². The second-order valence-electron chi connectivity index (χ2n) is 8.96. The van der Waals surface area contributed by atoms with Gasteiger partial charge in [0.15, 0.2) is 11.6 Å². The summed E-state index contributed by atoms with van der Waals surface area (Å²) in [7, 11) is 0. The molecule has 188 valence electrons. The lowest BCUT2D eigenvalue weighted by Gasteiger charge is -2.33. The summed E-state index contributed by atoms with van der Waals surface area (Å²) < 4.78 is 35.1. The molecule has 0 unspecified atom stereocenters. The van der Waals surface area contributed by atoms with Crippen LogP contribution in [0.1, 0.15) is 49.3 Å². The summed E-state index contributed by atoms with van der Waals surface area (Å²) in [5, 5.41) is 0. The van der Waals surface area contributed by atoms with E-state index in [9.17, 15) is 13.6 Å². The van der Waals surface area contributed by atoms with E-state index < -0.39 is 11.6 Å². The molecular weight excluding hydrogens is 474 g/mol. The molecule has 0 saturated carbocycles. The van der Waals surface area contributed by atoms with Gasteiger partial charge in [-0.15, -0.1) is 0 Å². The zero-order valence-electron chi connectivity index (χ0n) is 20.7. The fourth-order valence-electron chi connectivity index (χ4n) is 4.81. The van der Waals surface area contributed by atoms with Crippen molar-refractivity contribution in [3.63, 3.8) is 0 Å². The predicted octanol–water partition coefficient (Wildman–Crippen LogP) is 5.64. The molecule has 4 aromatic rings. The number of aromatic nitrogens is 3. The summed E-state index contributed by atoms with van der Waals surface area (Å²) in [6, 6.07) is 11.1. The van der Waals surface area contributed by atoms with Crippen molar-refractivity contribution in [2.24, 2.45) is 0 Å². The molecule has 1 amide bonds. The lowest BCUT2D eigenvalue weighted by molar-refractivity contribution is -0.129. The van der Waals surface area contributed by atoms with Gasteiger partial charge in [0.25, 0.3) is 5.91 Å². The van der Waals surface area contributed by atoms with Gasteiger partial charge in [-0.3, -0.25) is 14.2 Å². The van der Waals surface area contributed by atoms with Gasteiger partial charge >= 0.3 is 0 Å². The van der Waals surface area contributed by atoms with E-state index in [1.54, 1.807) is 25.3 Å². The number of hydrogen-bond acceptors (Lipinski definition) is 4. The van der Waals surface area contributed by atoms with Crippen molar-refractivity contribution in [1.29, 1.82) is 0 Å². The van der Waals surface area contributed by atoms with Crippen LogP contribution in [0.25, 0.3) is 16.8 Å². The summed E-state index contributed by atoms with van der Waals surface area (Å²) in [6.45, 7) is 4.15. The molecule has 2 aromatic heterocycles. The highest BCUT2D eigenvalue weighted by Crippen LogP contribution is 2.35. The third-order valence-electron chi connectivity index (χ3n) is 6.61. The molecule has 2 aromatic carbocycles. The minimum absolute atomic E-state index is 0.0876. The first kappa shape index (κ1) is 24.4. The summed E-state index contributed by atoms with van der Waals surface area (Å²) in [4.78, 5) is 24.1. The van der Waals surface area contributed by atoms with Crippen LogP contribution in [-0.4, -0.2) is 31.7 Å². The van der Waals surface area contributed by atoms with Crippen LogP contribution in [0.3, 0.4) is 0 Å². The van der Waals surface area contributed by atoms with Gasteiger partial charge in [0, 0.05) is 30.1 Å². The number of carbonyl (C=O) groups is 1. The van der Waals surface area contributed by atoms with Crippen LogP contribution in [-0.2, 0) is 11.4 Å². The molecule has 0 N–H and O–H groups in total. The van der Waals surface area contributed by atoms with E-state index >= 15 is 0 Å². The van der Waals surface area contributed by atoms with Crippen molar-refractivity contribution in [3.05, 3.63) is 83.6 Å². The Morgan fingerprint density at radius 2 is 1.97 bits per heavy atom. The number of benzene rings is 2. The lowest BCUT2D eigenvalue weighted by atomic mass is 10.0. The van der Waals surface area contributed by atoms with E-state index in [1.807, 2.05) is 34.6 Å². The lowest BCUT2D eigenvalue weighted by Crippen LogP contribution is -2.38. The molecule has 0 radical (unpaired) electrons. The van der Waals surface area contributed by atoms with Gasteiger partial charge in [-0.25, -0.2) is 13.8 Å². The van der Waals surface area contributed by atoms with Crippen LogP contribution in [0.15, 0.2) is 54.9 Å². The Hall–Kier alpha value is -4.25. The van der Waals surface area contributed by atoms with Gasteiger partial charge in [-0.1, -0.05) is 18.1 Å². The van der Waals surface area contributed by atoms with Gasteiger partial charge in [0.1, 0.15) is 18.2 Å². The molecule has 1 atom stereocenters. The quantitative estimate of drug-likeness (QED) is 0.333. The number of amides is 1. The van der Waals surface area contributed by atoms with Crippen molar-refractivity contribution >= 4 is 11.4 Å². The maximum absolute atomic E-state index is 13.9. The Labute approximate surface area is 213 Å². The molecule has 0 spiro atoms. The molecule has 8 heteroatoms. The number of piperidine rings is 1. The van der Waals surface area contributed by atoms with Crippen molar-refractivity contribution in [2.45, 2.75) is 45.8 Å². The van der Waals surface area contributed by atoms with Crippen molar-refractivity contribution in [3.8, 4) is 28.8 Å². The molecular formula is C29H26F2N4O2. The molecule has 1 aliphatic rings. The number of nitrogens with zero attached hydrogens (tertiary/aromatic N) is 4. The van der Waals surface area contributed by atoms with Gasteiger partial charge in [0.2, 0.25) is 0 Å². The fourth-order valence-corrected chi connectivity index (χ4v) is 4.81. The molecule has 1 aliphatic heterocycles. The molecule has 0 bridgehead atoms. The Balaban J connectivity index is 1.47. The number of carbonyl (C=O) groups excluding carboxylic acids is 1. The van der Waals surface area contributed by atoms with Crippen LogP contribution < -0.4 is 4.74 Å². The average molecular weight is 501 g/mol. The Morgan fingerprint density at radius 3 is 2.76 bits per heavy atom. The highest BCUT2D eigenvalue weighted by atomic mass is 19.2. The standard InChI is InChI=1S/C29H26F2N4O2/c1-3-7-25(36)34-16-5-4-10-24(34)29-33-27(28-19(2)32-15-17-35(28)29)20-11-13-22(14-12-20)37-18-21-8-6-9-23(30)26(21)31/h6,8-9,11-15,17,24H,4-5,10,16,18H2,1-2H3/t24-/m0/s1. The smallest absolute Gasteiger partial charge is 0.299 e. The molecule has 5 rings (SSSR count). The van der Waals surface area contributed by atoms with E-state index in [0.29, 0.717) is 12.3 Å². The second-order valence-corrected chi connectivity index (χ2v) is 8.96. The Bertz CT molecular complexity index is 1520. The first-order valence-electron chi connectivity index (χ1n) is 12.2. The zero-order valence-corrected chi connectivity index (χ0v) is 20.7. The Morgan fingerprint density at radius 1 is 1.16 bits per heavy atom. The van der Waals surface area contributed by atoms with Crippen molar-refractivity contribution in [1.82, 2.24) is 19.3 Å². The zero-order chi connectivity index (χ0) is 25.9. The summed E-state index contributed by atoms with van der Waals surface area (Å²) in [5.74, 6) is 4.71. The minimum atomic E-state index is -0.903. The van der Waals surface area contributed by atoms with E-state index in [2.05, 4.69) is 16.8 Å². The molecule has 1 fully saturated rings. The van der Waals surface area contributed by atoms with E-state index in [0.717, 1.165) is 53.6 Å². The first-order chi connectivity index (χ1) is 18.0. The summed E-state index contributed by atoms with van der Waals surface area (Å²) in [6.07, 6.45) is 6.36. The topological polar surface area (TPSA) is 59.7 Å². The SMILES string of the molecule is CC#CC(=O)N1CCCC[C@H]1c1nc(-c2ccc(OCc3cccc(F)c3F)cc2)c2c(C)nccn12. The largest absolute Gasteiger partial charge is 0.489 e. The number of halogens is 2. The first-order valence-corrected chi connectivity index (χ1v) is 12.2. The summed E-state index contributed by atoms with van der Waals surface area (Å²) in [5.41, 5.74) is 3.44. The molecule has 0 aliphatic carbocycles. The van der Waals surface area contributed by atoms with Crippen LogP contribution in [0, 0.1) is 30.4 Å². The predicted molar refractivity (Wildman–Crippen MR) is 136 cm³/mol. The third-order valence-corrected chi connectivity index (χ3v) is 6.61. The number of hydrogen-bond donors (Lipinski definition) is 0. The number of imidazole rings is 1. The average Bonchev–Trinajstić information content (AvgIpc) is 3.31. The number of rotatable bonds is 5. The highest BCUT2D eigenvalue weighted by molar-refractivity contribution is 5.93. The van der Waals surface area contributed by atoms with Gasteiger partial charge < -0.3 is 9.64 Å². The molecule has 1 saturated heterocycles. The number of ether oxygens (including phenoxy) is 1.